The summed E-state index contributed by atoms with van der Waals surface area (Å²) in [7, 11) is 0. The van der Waals surface area contributed by atoms with Gasteiger partial charge in [-0.3, -0.25) is 4.90 Å². The van der Waals surface area contributed by atoms with Crippen LogP contribution < -0.4 is 4.74 Å². The zero-order valence-electron chi connectivity index (χ0n) is 13.8. The fourth-order valence-corrected chi connectivity index (χ4v) is 4.48. The molecule has 3 aliphatic rings. The van der Waals surface area contributed by atoms with Gasteiger partial charge in [0, 0.05) is 12.5 Å². The minimum atomic E-state index is -0.367. The van der Waals surface area contributed by atoms with E-state index in [0.29, 0.717) is 6.04 Å². The Balaban J connectivity index is 1.40. The highest BCUT2D eigenvalue weighted by atomic mass is 16.5. The first kappa shape index (κ1) is 15.2. The quantitative estimate of drug-likeness (QED) is 0.867. The second kappa shape index (κ2) is 6.66. The molecule has 1 aromatic rings. The number of hydrogen-bond donors (Lipinski definition) is 1. The largest absolute Gasteiger partial charge is 0.487 e. The maximum Gasteiger partial charge on any atom is 0.128 e. The molecule has 3 nitrogen and oxygen atoms in total. The predicted octanol–water partition coefficient (Wildman–Crippen LogP) is 3.53. The van der Waals surface area contributed by atoms with Crippen molar-refractivity contribution in [3.8, 4) is 5.75 Å². The number of benzene rings is 1. The van der Waals surface area contributed by atoms with E-state index in [0.717, 1.165) is 18.6 Å². The number of nitrogens with zero attached hydrogens (tertiary/aromatic N) is 1. The van der Waals surface area contributed by atoms with Crippen molar-refractivity contribution < 1.29 is 9.84 Å². The number of hydrogen-bond acceptors (Lipinski definition) is 3. The van der Waals surface area contributed by atoms with Crippen LogP contribution in [0.3, 0.4) is 0 Å². The molecule has 1 heterocycles. The number of piperidine rings is 1. The lowest BCUT2D eigenvalue weighted by Crippen LogP contribution is -2.38. The number of likely N-dealkylation sites (tertiary alicyclic amines) is 1. The zero-order valence-corrected chi connectivity index (χ0v) is 13.8. The molecule has 1 fully saturated rings. The topological polar surface area (TPSA) is 32.7 Å². The van der Waals surface area contributed by atoms with E-state index in [1.165, 1.54) is 50.8 Å². The molecule has 1 aromatic carbocycles. The van der Waals surface area contributed by atoms with Gasteiger partial charge < -0.3 is 9.84 Å². The first-order valence-electron chi connectivity index (χ1n) is 9.13. The first-order valence-corrected chi connectivity index (χ1v) is 9.13. The molecule has 0 radical (unpaired) electrons. The van der Waals surface area contributed by atoms with Gasteiger partial charge in [-0.1, -0.05) is 35.8 Å². The molecule has 0 amide bonds. The molecule has 0 spiro atoms. The lowest BCUT2D eigenvalue weighted by atomic mass is 9.89. The molecule has 1 saturated heterocycles. The number of aliphatic hydroxyl groups is 1. The Morgan fingerprint density at radius 2 is 1.57 bits per heavy atom. The van der Waals surface area contributed by atoms with Crippen LogP contribution in [0, 0.1) is 0 Å². The van der Waals surface area contributed by atoms with Gasteiger partial charge in [-0.15, -0.1) is 0 Å². The standard InChI is InChI=1S/C20H27NO2/c22-19-13-15-11-17(21-9-5-2-6-10-21)12-16(15)14-20(19)23-18-7-3-1-4-8-18/h1,3-4,7-8,17,19-20,22H,2,5-6,9-14H2/t17-,19+,20+/m0/s1. The molecule has 1 N–H and O–H groups in total. The summed E-state index contributed by atoms with van der Waals surface area (Å²) in [5.74, 6) is 0.867. The molecule has 124 valence electrons. The normalized spacial score (nSPS) is 32.0. The summed E-state index contributed by atoms with van der Waals surface area (Å²) in [6.07, 6.45) is 7.70. The molecule has 0 saturated carbocycles. The molecule has 1 aliphatic heterocycles. The van der Waals surface area contributed by atoms with E-state index in [4.69, 9.17) is 4.74 Å². The molecule has 0 aromatic heterocycles. The minimum Gasteiger partial charge on any atom is -0.487 e. The predicted molar refractivity (Wildman–Crippen MR) is 91.6 cm³/mol. The van der Waals surface area contributed by atoms with Crippen LogP contribution in [0.25, 0.3) is 0 Å². The summed E-state index contributed by atoms with van der Waals surface area (Å²) in [5, 5.41) is 10.5. The van der Waals surface area contributed by atoms with Crippen LogP contribution in [-0.4, -0.2) is 41.3 Å². The van der Waals surface area contributed by atoms with E-state index in [-0.39, 0.29) is 12.2 Å². The molecular weight excluding hydrogens is 286 g/mol. The van der Waals surface area contributed by atoms with Gasteiger partial charge in [-0.05, 0) is 57.3 Å². The Hall–Kier alpha value is -1.32. The average Bonchev–Trinajstić information content (AvgIpc) is 3.00. The third-order valence-corrected chi connectivity index (χ3v) is 5.73. The third-order valence-electron chi connectivity index (χ3n) is 5.73. The van der Waals surface area contributed by atoms with Gasteiger partial charge in [0.05, 0.1) is 6.10 Å². The van der Waals surface area contributed by atoms with Crippen LogP contribution in [-0.2, 0) is 0 Å². The van der Waals surface area contributed by atoms with Crippen molar-refractivity contribution in [3.05, 3.63) is 41.5 Å². The van der Waals surface area contributed by atoms with Crippen LogP contribution >= 0.6 is 0 Å². The lowest BCUT2D eigenvalue weighted by molar-refractivity contribution is 0.0306. The van der Waals surface area contributed by atoms with Crippen LogP contribution in [0.4, 0.5) is 0 Å². The van der Waals surface area contributed by atoms with E-state index in [2.05, 4.69) is 4.90 Å². The average molecular weight is 313 g/mol. The van der Waals surface area contributed by atoms with Gasteiger partial charge in [-0.25, -0.2) is 0 Å². The summed E-state index contributed by atoms with van der Waals surface area (Å²) < 4.78 is 6.06. The molecule has 0 unspecified atom stereocenters. The van der Waals surface area contributed by atoms with Gasteiger partial charge >= 0.3 is 0 Å². The van der Waals surface area contributed by atoms with Crippen LogP contribution in [0.2, 0.25) is 0 Å². The summed E-state index contributed by atoms with van der Waals surface area (Å²) in [6.45, 7) is 2.52. The van der Waals surface area contributed by atoms with Crippen LogP contribution in [0.1, 0.15) is 44.9 Å². The highest BCUT2D eigenvalue weighted by Gasteiger charge is 2.37. The van der Waals surface area contributed by atoms with Crippen molar-refractivity contribution in [3.63, 3.8) is 0 Å². The van der Waals surface area contributed by atoms with E-state index < -0.39 is 0 Å². The van der Waals surface area contributed by atoms with Crippen LogP contribution in [0.5, 0.6) is 5.75 Å². The Morgan fingerprint density at radius 3 is 2.30 bits per heavy atom. The van der Waals surface area contributed by atoms with Crippen molar-refractivity contribution in [2.45, 2.75) is 63.2 Å². The fraction of sp³-hybridized carbons (Fsp3) is 0.600. The Labute approximate surface area is 139 Å². The molecular formula is C20H27NO2. The Bertz CT molecular complexity index is 562. The lowest BCUT2D eigenvalue weighted by Gasteiger charge is -2.32. The number of aliphatic hydroxyl groups excluding tert-OH is 1. The number of ether oxygens (including phenoxy) is 1. The molecule has 3 atom stereocenters. The maximum absolute atomic E-state index is 10.5. The molecule has 23 heavy (non-hydrogen) atoms. The Morgan fingerprint density at radius 1 is 0.870 bits per heavy atom. The summed E-state index contributed by atoms with van der Waals surface area (Å²) in [5.41, 5.74) is 3.08. The Kier molecular flexibility index (Phi) is 4.41. The van der Waals surface area contributed by atoms with Crippen molar-refractivity contribution in [2.75, 3.05) is 13.1 Å². The summed E-state index contributed by atoms with van der Waals surface area (Å²) in [4.78, 5) is 2.68. The smallest absolute Gasteiger partial charge is 0.128 e. The second-order valence-corrected chi connectivity index (χ2v) is 7.31. The third kappa shape index (κ3) is 3.31. The SMILES string of the molecule is O[C@@H]1CC2=C(C[C@@H](N3CCCCC3)C2)C[C@H]1Oc1ccccc1. The fourth-order valence-electron chi connectivity index (χ4n) is 4.48. The molecule has 4 rings (SSSR count). The van der Waals surface area contributed by atoms with Crippen molar-refractivity contribution in [2.24, 2.45) is 0 Å². The first-order chi connectivity index (χ1) is 11.3. The van der Waals surface area contributed by atoms with Gasteiger partial charge in [0.1, 0.15) is 11.9 Å². The summed E-state index contributed by atoms with van der Waals surface area (Å²) >= 11 is 0. The second-order valence-electron chi connectivity index (χ2n) is 7.31. The highest BCUT2D eigenvalue weighted by Crippen LogP contribution is 2.40. The minimum absolute atomic E-state index is 0.0868. The number of para-hydroxylation sites is 1. The van der Waals surface area contributed by atoms with E-state index >= 15 is 0 Å². The van der Waals surface area contributed by atoms with Crippen molar-refractivity contribution in [1.82, 2.24) is 4.90 Å². The highest BCUT2D eigenvalue weighted by molar-refractivity contribution is 5.29. The van der Waals surface area contributed by atoms with Gasteiger partial charge in [0.2, 0.25) is 0 Å². The van der Waals surface area contributed by atoms with Crippen LogP contribution in [0.15, 0.2) is 41.5 Å². The van der Waals surface area contributed by atoms with Crippen molar-refractivity contribution in [1.29, 1.82) is 0 Å². The van der Waals surface area contributed by atoms with E-state index in [1.54, 1.807) is 5.57 Å². The monoisotopic (exact) mass is 313 g/mol. The van der Waals surface area contributed by atoms with Gasteiger partial charge in [0.15, 0.2) is 0 Å². The van der Waals surface area contributed by atoms with E-state index in [9.17, 15) is 5.11 Å². The number of rotatable bonds is 3. The molecule has 3 heteroatoms. The summed E-state index contributed by atoms with van der Waals surface area (Å²) in [6, 6.07) is 10.6. The zero-order chi connectivity index (χ0) is 15.6. The van der Waals surface area contributed by atoms with Gasteiger partial charge in [0.25, 0.3) is 0 Å². The van der Waals surface area contributed by atoms with Gasteiger partial charge in [-0.2, -0.15) is 0 Å². The molecule has 0 bridgehead atoms. The van der Waals surface area contributed by atoms with Crippen molar-refractivity contribution >= 4 is 0 Å². The van der Waals surface area contributed by atoms with E-state index in [1.807, 2.05) is 30.3 Å². The maximum atomic E-state index is 10.5. The molecule has 2 aliphatic carbocycles.